The number of carbonyl (C=O) groups is 1. The Balaban J connectivity index is 2.33. The Morgan fingerprint density at radius 1 is 1.67 bits per heavy atom. The van der Waals surface area contributed by atoms with Crippen molar-refractivity contribution in [3.8, 4) is 0 Å². The maximum absolute atomic E-state index is 10.8. The van der Waals surface area contributed by atoms with Crippen LogP contribution in [0.3, 0.4) is 0 Å². The van der Waals surface area contributed by atoms with E-state index in [1.807, 2.05) is 0 Å². The van der Waals surface area contributed by atoms with Gasteiger partial charge in [-0.05, 0) is 0 Å². The van der Waals surface area contributed by atoms with Gasteiger partial charge in [0, 0.05) is 6.21 Å². The Morgan fingerprint density at radius 3 is 3.00 bits per heavy atom. The number of nitrogens with one attached hydrogen (secondary N) is 1. The molecular formula is C7H7N4O3S. The van der Waals surface area contributed by atoms with Crippen LogP contribution in [0.15, 0.2) is 27.6 Å². The first-order valence-corrected chi connectivity index (χ1v) is 4.38. The summed E-state index contributed by atoms with van der Waals surface area (Å²) in [5.41, 5.74) is 2.60. The topological polar surface area (TPSA) is 88.4 Å². The Bertz CT molecular complexity index is 403. The molecule has 2 rings (SSSR count). The number of aliphatic hydroxyl groups excluding tert-OH is 1. The van der Waals surface area contributed by atoms with E-state index in [4.69, 9.17) is 22.8 Å². The zero-order valence-corrected chi connectivity index (χ0v) is 8.23. The summed E-state index contributed by atoms with van der Waals surface area (Å²) in [4.78, 5) is 14.6. The fraction of sp³-hybridized carbons (Fsp3) is 0.143. The molecule has 0 saturated carbocycles. The van der Waals surface area contributed by atoms with Gasteiger partial charge in [-0.15, -0.1) is 5.53 Å². The van der Waals surface area contributed by atoms with E-state index in [0.29, 0.717) is 5.82 Å². The second kappa shape index (κ2) is 3.50. The average molecular weight is 227 g/mol. The first kappa shape index (κ1) is 9.90. The van der Waals surface area contributed by atoms with Gasteiger partial charge in [0.15, 0.2) is 5.82 Å². The number of hydrogen-bond acceptors (Lipinski definition) is 6. The number of hydrazine groups is 2. The summed E-state index contributed by atoms with van der Waals surface area (Å²) < 4.78 is 0. The lowest BCUT2D eigenvalue weighted by molar-refractivity contribution is -0.132. The quantitative estimate of drug-likeness (QED) is 0.581. The second-order valence-corrected chi connectivity index (χ2v) is 3.20. The van der Waals surface area contributed by atoms with Crippen LogP contribution in [-0.4, -0.2) is 39.1 Å². The van der Waals surface area contributed by atoms with Crippen molar-refractivity contribution in [1.82, 2.24) is 15.6 Å². The van der Waals surface area contributed by atoms with Crippen molar-refractivity contribution in [2.24, 2.45) is 4.99 Å². The van der Waals surface area contributed by atoms with Crippen LogP contribution in [0.2, 0.25) is 0 Å². The van der Waals surface area contributed by atoms with Gasteiger partial charge in [0.1, 0.15) is 17.3 Å². The molecule has 0 bridgehead atoms. The molecule has 0 aromatic rings. The van der Waals surface area contributed by atoms with Crippen LogP contribution in [0.1, 0.15) is 0 Å². The molecule has 0 saturated heterocycles. The molecule has 7 nitrogen and oxygen atoms in total. The predicted octanol–water partition coefficient (Wildman–Crippen LogP) is -0.650. The molecule has 0 aromatic heterocycles. The smallest absolute Gasteiger partial charge is 0.340 e. The maximum Gasteiger partial charge on any atom is 0.340 e. The second-order valence-electron chi connectivity index (χ2n) is 2.82. The van der Waals surface area contributed by atoms with Crippen molar-refractivity contribution in [3.05, 3.63) is 22.6 Å². The van der Waals surface area contributed by atoms with Crippen molar-refractivity contribution in [2.75, 3.05) is 6.73 Å². The lowest BCUT2D eigenvalue weighted by atomic mass is 10.3. The summed E-state index contributed by atoms with van der Waals surface area (Å²) in [5.74, 6) is -0.689. The van der Waals surface area contributed by atoms with Crippen molar-refractivity contribution in [3.63, 3.8) is 0 Å². The van der Waals surface area contributed by atoms with Gasteiger partial charge in [-0.25, -0.2) is 14.8 Å². The molecule has 0 aliphatic carbocycles. The van der Waals surface area contributed by atoms with E-state index in [9.17, 15) is 4.79 Å². The first-order chi connectivity index (χ1) is 7.13. The van der Waals surface area contributed by atoms with Crippen LogP contribution >= 0.6 is 12.6 Å². The predicted molar refractivity (Wildman–Crippen MR) is 52.7 cm³/mol. The van der Waals surface area contributed by atoms with Crippen molar-refractivity contribution < 1.29 is 15.0 Å². The minimum Gasteiger partial charge on any atom is -0.478 e. The summed E-state index contributed by atoms with van der Waals surface area (Å²) in [6, 6.07) is 0. The third-order valence-electron chi connectivity index (χ3n) is 1.87. The minimum atomic E-state index is -1.13. The highest BCUT2D eigenvalue weighted by Gasteiger charge is 2.29. The Labute approximate surface area is 90.3 Å². The molecular weight excluding hydrogens is 220 g/mol. The number of aliphatic carboxylic acids is 1. The summed E-state index contributed by atoms with van der Waals surface area (Å²) in [6.07, 6.45) is 2.71. The van der Waals surface area contributed by atoms with Gasteiger partial charge in [-0.1, -0.05) is 12.6 Å². The standard InChI is InChI=1S/C7H7N4O3S/c12-3-10-2-5-8-1-4(7(13)14)6(15)11(5)9-10/h1-2,9,12H,3H2,(H,13,14). The third-order valence-corrected chi connectivity index (χ3v) is 2.27. The number of nitrogens with zero attached hydrogens (tertiary/aromatic N) is 3. The van der Waals surface area contributed by atoms with Crippen LogP contribution in [0.25, 0.3) is 0 Å². The summed E-state index contributed by atoms with van der Waals surface area (Å²) in [6.45, 7) is -0.263. The van der Waals surface area contributed by atoms with E-state index in [2.05, 4.69) is 10.5 Å². The van der Waals surface area contributed by atoms with E-state index in [0.717, 1.165) is 0 Å². The van der Waals surface area contributed by atoms with Crippen LogP contribution in [0.4, 0.5) is 0 Å². The average Bonchev–Trinajstić information content (AvgIpc) is 2.61. The fourth-order valence-electron chi connectivity index (χ4n) is 1.17. The van der Waals surface area contributed by atoms with Gasteiger partial charge in [0.2, 0.25) is 0 Å². The molecule has 0 aromatic carbocycles. The van der Waals surface area contributed by atoms with Gasteiger partial charge < -0.3 is 10.2 Å². The zero-order valence-electron chi connectivity index (χ0n) is 7.41. The molecule has 0 spiro atoms. The molecule has 1 radical (unpaired) electrons. The molecule has 79 valence electrons. The number of fused-ring (bicyclic) bond motifs is 1. The molecule has 2 aliphatic rings. The monoisotopic (exact) mass is 227 g/mol. The normalized spacial score (nSPS) is 19.4. The van der Waals surface area contributed by atoms with Crippen LogP contribution in [-0.2, 0) is 4.79 Å². The molecule has 2 heterocycles. The molecule has 0 atom stereocenters. The maximum atomic E-state index is 10.8. The SMILES string of the molecule is O=C(O)C1=C([S])N2NN(CO)C=C2N=C1. The lowest BCUT2D eigenvalue weighted by Crippen LogP contribution is -2.40. The number of carboxylic acids is 1. The van der Waals surface area contributed by atoms with Gasteiger partial charge in [-0.2, -0.15) is 0 Å². The molecule has 8 heteroatoms. The Hall–Kier alpha value is -1.64. The summed E-state index contributed by atoms with van der Waals surface area (Å²) >= 11 is 4.95. The molecule has 0 amide bonds. The highest BCUT2D eigenvalue weighted by molar-refractivity contribution is 7.84. The highest BCUT2D eigenvalue weighted by Crippen LogP contribution is 2.26. The Kier molecular flexibility index (Phi) is 2.31. The summed E-state index contributed by atoms with van der Waals surface area (Å²) in [7, 11) is 0. The minimum absolute atomic E-state index is 0.0607. The van der Waals surface area contributed by atoms with Gasteiger partial charge in [0.25, 0.3) is 0 Å². The van der Waals surface area contributed by atoms with E-state index in [1.54, 1.807) is 0 Å². The molecule has 0 unspecified atom stereocenters. The number of aliphatic imine (C=N–C) groups is 1. The van der Waals surface area contributed by atoms with Gasteiger partial charge in [-0.3, -0.25) is 5.01 Å². The van der Waals surface area contributed by atoms with E-state index >= 15 is 0 Å². The van der Waals surface area contributed by atoms with Crippen molar-refractivity contribution in [2.45, 2.75) is 0 Å². The molecule has 2 aliphatic heterocycles. The number of rotatable bonds is 2. The molecule has 0 fully saturated rings. The third kappa shape index (κ3) is 1.54. The van der Waals surface area contributed by atoms with Crippen LogP contribution < -0.4 is 5.53 Å². The van der Waals surface area contributed by atoms with E-state index < -0.39 is 5.97 Å². The largest absolute Gasteiger partial charge is 0.478 e. The molecule has 3 N–H and O–H groups in total. The zero-order chi connectivity index (χ0) is 11.0. The Morgan fingerprint density at radius 2 is 2.40 bits per heavy atom. The first-order valence-electron chi connectivity index (χ1n) is 3.98. The summed E-state index contributed by atoms with van der Waals surface area (Å²) in [5, 5.41) is 20.4. The fourth-order valence-corrected chi connectivity index (χ4v) is 1.45. The van der Waals surface area contributed by atoms with Gasteiger partial charge in [0.05, 0.1) is 6.20 Å². The van der Waals surface area contributed by atoms with Crippen molar-refractivity contribution >= 4 is 24.8 Å². The number of carboxylic acid groups (broad SMARTS) is 1. The van der Waals surface area contributed by atoms with Crippen LogP contribution in [0, 0.1) is 0 Å². The molecule has 15 heavy (non-hydrogen) atoms. The van der Waals surface area contributed by atoms with Crippen molar-refractivity contribution in [1.29, 1.82) is 0 Å². The van der Waals surface area contributed by atoms with Crippen LogP contribution in [0.5, 0.6) is 0 Å². The number of hydrogen-bond donors (Lipinski definition) is 3. The van der Waals surface area contributed by atoms with E-state index in [1.165, 1.54) is 22.4 Å². The highest BCUT2D eigenvalue weighted by atomic mass is 32.1. The van der Waals surface area contributed by atoms with E-state index in [-0.39, 0.29) is 17.3 Å². The number of aliphatic hydroxyl groups is 1. The lowest BCUT2D eigenvalue weighted by Gasteiger charge is -2.23. The van der Waals surface area contributed by atoms with Gasteiger partial charge >= 0.3 is 5.97 Å².